The molecule has 0 saturated heterocycles. The van der Waals surface area contributed by atoms with E-state index in [1.54, 1.807) is 14.5 Å². The van der Waals surface area contributed by atoms with Gasteiger partial charge in [-0.25, -0.2) is 0 Å². The topological polar surface area (TPSA) is 0 Å². The van der Waals surface area contributed by atoms with E-state index in [0.29, 0.717) is 0 Å². The van der Waals surface area contributed by atoms with Gasteiger partial charge in [0, 0.05) is 0 Å². The van der Waals surface area contributed by atoms with Gasteiger partial charge in [-0.15, -0.1) is 0 Å². The van der Waals surface area contributed by atoms with Crippen molar-refractivity contribution in [2.75, 3.05) is 0 Å². The van der Waals surface area contributed by atoms with Crippen LogP contribution in [-0.2, 0) is 24.4 Å². The van der Waals surface area contributed by atoms with E-state index in [1.165, 1.54) is 50.1 Å². The molecule has 0 spiro atoms. The van der Waals surface area contributed by atoms with Gasteiger partial charge in [0.25, 0.3) is 0 Å². The third-order valence-electron chi connectivity index (χ3n) is 2.15. The minimum atomic E-state index is 1.26. The molecule has 0 fully saturated rings. The number of hydrogen-bond acceptors (Lipinski definition) is 0. The van der Waals surface area contributed by atoms with E-state index < -0.39 is 0 Å². The normalized spacial score (nSPS) is 17.4. The van der Waals surface area contributed by atoms with Crippen molar-refractivity contribution in [1.29, 1.82) is 0 Å². The van der Waals surface area contributed by atoms with E-state index >= 15 is 0 Å². The average molecular weight is 314 g/mol. The standard InChI is InChI=1S/C10H15.Hf/c1-3-4-5-10-7-6-9(2)8-10;/h8H,3-5,7H2,1-2H3;. The fraction of sp³-hybridized carbons (Fsp3) is 0.600. The zero-order chi connectivity index (χ0) is 8.27. The molecule has 1 aliphatic rings. The molecule has 0 aromatic heterocycles. The Kier molecular flexibility index (Phi) is 3.77. The van der Waals surface area contributed by atoms with E-state index in [9.17, 15) is 0 Å². The number of unbranched alkanes of at least 4 members (excludes halogenated alkanes) is 1. The Balaban J connectivity index is 2.38. The van der Waals surface area contributed by atoms with Crippen molar-refractivity contribution in [2.24, 2.45) is 0 Å². The summed E-state index contributed by atoms with van der Waals surface area (Å²) in [5, 5.41) is 0. The molecule has 11 heavy (non-hydrogen) atoms. The maximum absolute atomic E-state index is 2.40. The molecule has 0 aromatic rings. The molecule has 1 aliphatic carbocycles. The summed E-state index contributed by atoms with van der Waals surface area (Å²) in [6.45, 7) is 4.51. The van der Waals surface area contributed by atoms with Gasteiger partial charge >= 0.3 is 84.5 Å². The second-order valence-corrected chi connectivity index (χ2v) is 5.41. The van der Waals surface area contributed by atoms with Crippen LogP contribution in [0.2, 0.25) is 0 Å². The van der Waals surface area contributed by atoms with E-state index in [-0.39, 0.29) is 0 Å². The predicted molar refractivity (Wildman–Crippen MR) is 44.9 cm³/mol. The van der Waals surface area contributed by atoms with Crippen LogP contribution in [0.25, 0.3) is 0 Å². The molecule has 0 aliphatic heterocycles. The molecular formula is C10H15Hf. The Morgan fingerprint density at radius 1 is 1.55 bits per heavy atom. The Hall–Kier alpha value is 0.350. The van der Waals surface area contributed by atoms with Crippen LogP contribution in [0.1, 0.15) is 39.5 Å². The van der Waals surface area contributed by atoms with Gasteiger partial charge in [-0.05, 0) is 0 Å². The third kappa shape index (κ3) is 2.70. The Morgan fingerprint density at radius 2 is 2.27 bits per heavy atom. The molecule has 1 rings (SSSR count). The van der Waals surface area contributed by atoms with E-state index in [1.807, 2.05) is 0 Å². The monoisotopic (exact) mass is 315 g/mol. The third-order valence-corrected chi connectivity index (χ3v) is 4.20. The summed E-state index contributed by atoms with van der Waals surface area (Å²) in [5.41, 5.74) is 3.23. The number of hydrogen-bond donors (Lipinski definition) is 0. The summed E-state index contributed by atoms with van der Waals surface area (Å²) in [5.74, 6) is 0. The summed E-state index contributed by atoms with van der Waals surface area (Å²) >= 11 is 1.26. The first-order valence-electron chi connectivity index (χ1n) is 4.35. The second kappa shape index (κ2) is 4.39. The van der Waals surface area contributed by atoms with Crippen LogP contribution in [0.3, 0.4) is 0 Å². The maximum atomic E-state index is 2.40. The van der Waals surface area contributed by atoms with Gasteiger partial charge in [0.1, 0.15) is 0 Å². The molecule has 0 bridgehead atoms. The van der Waals surface area contributed by atoms with Crippen LogP contribution in [-0.4, -0.2) is 0 Å². The Morgan fingerprint density at radius 3 is 2.73 bits per heavy atom. The van der Waals surface area contributed by atoms with Crippen molar-refractivity contribution in [2.45, 2.75) is 39.5 Å². The van der Waals surface area contributed by atoms with Crippen molar-refractivity contribution >= 4 is 0 Å². The molecule has 0 unspecified atom stereocenters. The van der Waals surface area contributed by atoms with Gasteiger partial charge in [-0.3, -0.25) is 0 Å². The summed E-state index contributed by atoms with van der Waals surface area (Å²) < 4.78 is 1.70. The first-order valence-corrected chi connectivity index (χ1v) is 6.14. The van der Waals surface area contributed by atoms with Crippen molar-refractivity contribution in [3.05, 3.63) is 20.6 Å². The molecule has 0 atom stereocenters. The number of allylic oxidation sites excluding steroid dienone is 4. The molecule has 0 aromatic carbocycles. The zero-order valence-corrected chi connectivity index (χ0v) is 11.0. The Labute approximate surface area is 84.3 Å². The van der Waals surface area contributed by atoms with Crippen molar-refractivity contribution in [1.82, 2.24) is 0 Å². The van der Waals surface area contributed by atoms with Crippen LogP contribution in [0.5, 0.6) is 0 Å². The van der Waals surface area contributed by atoms with Gasteiger partial charge < -0.3 is 0 Å². The van der Waals surface area contributed by atoms with Crippen LogP contribution in [0.15, 0.2) is 20.6 Å². The molecule has 0 amide bonds. The van der Waals surface area contributed by atoms with Crippen molar-refractivity contribution < 1.29 is 24.4 Å². The number of rotatable bonds is 3. The zero-order valence-electron chi connectivity index (χ0n) is 7.41. The van der Waals surface area contributed by atoms with Crippen molar-refractivity contribution in [3.8, 4) is 0 Å². The molecule has 1 heteroatoms. The van der Waals surface area contributed by atoms with Crippen LogP contribution in [0.4, 0.5) is 0 Å². The first kappa shape index (κ1) is 9.44. The van der Waals surface area contributed by atoms with Gasteiger partial charge in [0.2, 0.25) is 0 Å². The summed E-state index contributed by atoms with van der Waals surface area (Å²) in [4.78, 5) is 0. The molecule has 0 radical (unpaired) electrons. The summed E-state index contributed by atoms with van der Waals surface area (Å²) in [6, 6.07) is 0. The van der Waals surface area contributed by atoms with Crippen LogP contribution in [0, 0.1) is 0 Å². The van der Waals surface area contributed by atoms with Gasteiger partial charge in [0.15, 0.2) is 0 Å². The molecule has 0 nitrogen and oxygen atoms in total. The quantitative estimate of drug-likeness (QED) is 0.701. The van der Waals surface area contributed by atoms with Gasteiger partial charge in [-0.2, -0.15) is 0 Å². The minimum absolute atomic E-state index is 1.26. The van der Waals surface area contributed by atoms with Gasteiger partial charge in [-0.1, -0.05) is 0 Å². The molecule has 0 saturated carbocycles. The fourth-order valence-electron chi connectivity index (χ4n) is 1.38. The second-order valence-electron chi connectivity index (χ2n) is 3.24. The Bertz CT molecular complexity index is 199. The van der Waals surface area contributed by atoms with Crippen molar-refractivity contribution in [3.63, 3.8) is 0 Å². The van der Waals surface area contributed by atoms with Crippen LogP contribution >= 0.6 is 0 Å². The predicted octanol–water partition coefficient (Wildman–Crippen LogP) is 3.33. The summed E-state index contributed by atoms with van der Waals surface area (Å²) in [6.07, 6.45) is 7.73. The van der Waals surface area contributed by atoms with E-state index in [0.717, 1.165) is 0 Å². The van der Waals surface area contributed by atoms with E-state index in [4.69, 9.17) is 0 Å². The fourth-order valence-corrected chi connectivity index (χ4v) is 2.45. The SMILES string of the molecule is CCCCC1=CC(C)=[C]([Hf])C1. The van der Waals surface area contributed by atoms with Gasteiger partial charge in [0.05, 0.1) is 0 Å². The average Bonchev–Trinajstić information content (AvgIpc) is 2.28. The first-order chi connectivity index (χ1) is 5.24. The molecule has 59 valence electrons. The molecule has 0 N–H and O–H groups in total. The van der Waals surface area contributed by atoms with E-state index in [2.05, 4.69) is 19.9 Å². The molecular weight excluding hydrogens is 299 g/mol. The van der Waals surface area contributed by atoms with Crippen LogP contribution < -0.4 is 0 Å². The molecule has 0 heterocycles. The summed E-state index contributed by atoms with van der Waals surface area (Å²) in [7, 11) is 0.